The smallest absolute Gasteiger partial charge is 0.190 e. The highest BCUT2D eigenvalue weighted by Crippen LogP contribution is 2.24. The molecule has 0 unspecified atom stereocenters. The van der Waals surface area contributed by atoms with Crippen LogP contribution in [0.15, 0.2) is 82.1 Å². The van der Waals surface area contributed by atoms with E-state index < -0.39 is 0 Å². The van der Waals surface area contributed by atoms with E-state index in [9.17, 15) is 0 Å². The number of halogens is 1. The van der Waals surface area contributed by atoms with E-state index in [1.807, 2.05) is 43.0 Å². The maximum Gasteiger partial charge on any atom is 0.190 e. The van der Waals surface area contributed by atoms with Crippen LogP contribution in [0.1, 0.15) is 6.42 Å². The zero-order chi connectivity index (χ0) is 20.1. The van der Waals surface area contributed by atoms with E-state index in [1.165, 1.54) is 11.3 Å². The molecule has 0 saturated heterocycles. The molecule has 4 aromatic rings. The molecular formula is C22H21BrN4OS. The molecule has 0 aliphatic carbocycles. The lowest BCUT2D eigenvalue weighted by molar-refractivity contribution is 0.415. The summed E-state index contributed by atoms with van der Waals surface area (Å²) in [6.07, 6.45) is 6.66. The molecular weight excluding hydrogens is 448 g/mol. The van der Waals surface area contributed by atoms with E-state index >= 15 is 0 Å². The Morgan fingerprint density at radius 2 is 1.86 bits per heavy atom. The van der Waals surface area contributed by atoms with Gasteiger partial charge in [-0.1, -0.05) is 28.1 Å². The summed E-state index contributed by atoms with van der Waals surface area (Å²) in [5, 5.41) is 2.18. The number of aryl methyl sites for hydroxylation is 1. The molecule has 29 heavy (non-hydrogen) atoms. The summed E-state index contributed by atoms with van der Waals surface area (Å²) in [6.45, 7) is 1.80. The number of imidazole rings is 1. The molecule has 0 bridgehead atoms. The third-order valence-electron chi connectivity index (χ3n) is 4.59. The number of nitrogens with zero attached hydrogens (tertiary/aromatic N) is 4. The molecule has 148 valence electrons. The van der Waals surface area contributed by atoms with Crippen molar-refractivity contribution in [3.05, 3.63) is 81.9 Å². The minimum atomic E-state index is 0.832. The van der Waals surface area contributed by atoms with E-state index in [4.69, 9.17) is 9.73 Å². The molecule has 0 aliphatic rings. The molecule has 0 fully saturated rings. The molecule has 0 aliphatic heterocycles. The number of thiazole rings is 1. The van der Waals surface area contributed by atoms with Gasteiger partial charge in [-0.25, -0.2) is 9.98 Å². The van der Waals surface area contributed by atoms with Crippen LogP contribution in [0.5, 0.6) is 5.75 Å². The molecule has 0 N–H and O–H groups in total. The van der Waals surface area contributed by atoms with E-state index in [0.717, 1.165) is 40.2 Å². The van der Waals surface area contributed by atoms with Gasteiger partial charge in [0.1, 0.15) is 5.75 Å². The van der Waals surface area contributed by atoms with Gasteiger partial charge in [0.05, 0.1) is 24.8 Å². The summed E-state index contributed by atoms with van der Waals surface area (Å²) in [5.41, 5.74) is 3.28. The SMILES string of the molecule is COc1ccc(N=c2scc(-c3ccc(Br)cc3)n2CCCn2ccnc2)cc1. The van der Waals surface area contributed by atoms with E-state index in [-0.39, 0.29) is 0 Å². The third kappa shape index (κ3) is 4.86. The fourth-order valence-electron chi connectivity index (χ4n) is 3.08. The van der Waals surface area contributed by atoms with Crippen LogP contribution >= 0.6 is 27.3 Å². The fourth-order valence-corrected chi connectivity index (χ4v) is 4.30. The highest BCUT2D eigenvalue weighted by atomic mass is 79.9. The van der Waals surface area contributed by atoms with Crippen LogP contribution < -0.4 is 9.54 Å². The van der Waals surface area contributed by atoms with Gasteiger partial charge in [0.25, 0.3) is 0 Å². The van der Waals surface area contributed by atoms with Gasteiger partial charge in [0.2, 0.25) is 0 Å². The van der Waals surface area contributed by atoms with Gasteiger partial charge in [0, 0.05) is 35.3 Å². The van der Waals surface area contributed by atoms with E-state index in [0.29, 0.717) is 0 Å². The van der Waals surface area contributed by atoms with Gasteiger partial charge in [-0.3, -0.25) is 0 Å². The number of hydrogen-bond donors (Lipinski definition) is 0. The Morgan fingerprint density at radius 1 is 1.07 bits per heavy atom. The Bertz CT molecular complexity index is 1110. The summed E-state index contributed by atoms with van der Waals surface area (Å²) in [6, 6.07) is 16.2. The summed E-state index contributed by atoms with van der Waals surface area (Å²) < 4.78 is 10.7. The van der Waals surface area contributed by atoms with Crippen LogP contribution in [-0.2, 0) is 13.1 Å². The molecule has 5 nitrogen and oxygen atoms in total. The topological polar surface area (TPSA) is 44.3 Å². The standard InChI is InChI=1S/C22H21BrN4OS/c1-28-20-9-7-19(8-10-20)25-22-27(13-2-12-26-14-11-24-16-26)21(15-29-22)17-3-5-18(23)6-4-17/h3-11,14-16H,2,12-13H2,1H3. The first kappa shape index (κ1) is 19.7. The second-order valence-electron chi connectivity index (χ2n) is 6.53. The molecule has 4 rings (SSSR count). The van der Waals surface area contributed by atoms with Crippen LogP contribution in [0.3, 0.4) is 0 Å². The van der Waals surface area contributed by atoms with Gasteiger partial charge < -0.3 is 13.9 Å². The first-order valence-electron chi connectivity index (χ1n) is 9.32. The van der Waals surface area contributed by atoms with Crippen LogP contribution in [0.4, 0.5) is 5.69 Å². The second-order valence-corrected chi connectivity index (χ2v) is 8.28. The normalized spacial score (nSPS) is 11.7. The molecule has 2 aromatic heterocycles. The molecule has 0 amide bonds. The lowest BCUT2D eigenvalue weighted by Crippen LogP contribution is -2.17. The number of hydrogen-bond acceptors (Lipinski definition) is 4. The number of benzene rings is 2. The summed E-state index contributed by atoms with van der Waals surface area (Å²) in [4.78, 5) is 10.0. The van der Waals surface area contributed by atoms with Crippen molar-refractivity contribution in [3.63, 3.8) is 0 Å². The van der Waals surface area contributed by atoms with Crippen LogP contribution in [0, 0.1) is 0 Å². The quantitative estimate of drug-likeness (QED) is 0.359. The maximum atomic E-state index is 5.25. The molecule has 0 radical (unpaired) electrons. The first-order valence-corrected chi connectivity index (χ1v) is 11.0. The monoisotopic (exact) mass is 468 g/mol. The lowest BCUT2D eigenvalue weighted by Gasteiger charge is -2.10. The average molecular weight is 469 g/mol. The van der Waals surface area contributed by atoms with Gasteiger partial charge in [-0.15, -0.1) is 11.3 Å². The van der Waals surface area contributed by atoms with Crippen molar-refractivity contribution in [3.8, 4) is 17.0 Å². The Morgan fingerprint density at radius 3 is 2.55 bits per heavy atom. The predicted octanol–water partition coefficient (Wildman–Crippen LogP) is 5.51. The van der Waals surface area contributed by atoms with Gasteiger partial charge in [-0.2, -0.15) is 0 Å². The minimum absolute atomic E-state index is 0.832. The van der Waals surface area contributed by atoms with Crippen molar-refractivity contribution in [1.29, 1.82) is 0 Å². The zero-order valence-electron chi connectivity index (χ0n) is 16.0. The second kappa shape index (κ2) is 9.24. The molecule has 0 spiro atoms. The van der Waals surface area contributed by atoms with E-state index in [1.54, 1.807) is 18.4 Å². The predicted molar refractivity (Wildman–Crippen MR) is 121 cm³/mol. The van der Waals surface area contributed by atoms with Gasteiger partial charge in [-0.05, 0) is 48.4 Å². The molecule has 0 atom stereocenters. The Labute approximate surface area is 182 Å². The highest BCUT2D eigenvalue weighted by Gasteiger charge is 2.09. The summed E-state index contributed by atoms with van der Waals surface area (Å²) in [5.74, 6) is 0.832. The Balaban J connectivity index is 1.67. The molecule has 7 heteroatoms. The number of methoxy groups -OCH3 is 1. The number of aromatic nitrogens is 3. The van der Waals surface area contributed by atoms with Crippen molar-refractivity contribution in [2.75, 3.05) is 7.11 Å². The molecule has 2 aromatic carbocycles. The van der Waals surface area contributed by atoms with Crippen molar-refractivity contribution in [2.24, 2.45) is 4.99 Å². The highest BCUT2D eigenvalue weighted by molar-refractivity contribution is 9.10. The zero-order valence-corrected chi connectivity index (χ0v) is 18.4. The average Bonchev–Trinajstić information content (AvgIpc) is 3.40. The Hall–Kier alpha value is -2.64. The van der Waals surface area contributed by atoms with Gasteiger partial charge >= 0.3 is 0 Å². The fraction of sp³-hybridized carbons (Fsp3) is 0.182. The summed E-state index contributed by atoms with van der Waals surface area (Å²) >= 11 is 5.18. The van der Waals surface area contributed by atoms with Crippen molar-refractivity contribution >= 4 is 33.0 Å². The van der Waals surface area contributed by atoms with Crippen molar-refractivity contribution in [1.82, 2.24) is 14.1 Å². The third-order valence-corrected chi connectivity index (χ3v) is 5.98. The lowest BCUT2D eigenvalue weighted by atomic mass is 10.2. The minimum Gasteiger partial charge on any atom is -0.497 e. The molecule has 2 heterocycles. The largest absolute Gasteiger partial charge is 0.497 e. The number of ether oxygens (including phenoxy) is 1. The van der Waals surface area contributed by atoms with Crippen LogP contribution in [0.25, 0.3) is 11.3 Å². The first-order chi connectivity index (χ1) is 14.2. The van der Waals surface area contributed by atoms with Crippen LogP contribution in [-0.4, -0.2) is 21.2 Å². The molecule has 0 saturated carbocycles. The van der Waals surface area contributed by atoms with Gasteiger partial charge in [0.15, 0.2) is 4.80 Å². The Kier molecular flexibility index (Phi) is 6.27. The number of rotatable bonds is 7. The van der Waals surface area contributed by atoms with Crippen LogP contribution in [0.2, 0.25) is 0 Å². The summed E-state index contributed by atoms with van der Waals surface area (Å²) in [7, 11) is 1.67. The van der Waals surface area contributed by atoms with Crippen molar-refractivity contribution in [2.45, 2.75) is 19.5 Å². The maximum absolute atomic E-state index is 5.25. The van der Waals surface area contributed by atoms with Crippen molar-refractivity contribution < 1.29 is 4.74 Å². The van der Waals surface area contributed by atoms with E-state index in [2.05, 4.69) is 59.7 Å².